The molecule has 0 aliphatic heterocycles. The monoisotopic (exact) mass is 292 g/mol. The Morgan fingerprint density at radius 3 is 2.45 bits per heavy atom. The fourth-order valence-corrected chi connectivity index (χ4v) is 1.94. The van der Waals surface area contributed by atoms with Crippen LogP contribution in [0.15, 0.2) is 36.4 Å². The summed E-state index contributed by atoms with van der Waals surface area (Å²) in [5, 5.41) is 8.96. The Morgan fingerprint density at radius 2 is 1.80 bits per heavy atom. The molecule has 0 radical (unpaired) electrons. The van der Waals surface area contributed by atoms with Crippen molar-refractivity contribution in [2.24, 2.45) is 0 Å². The zero-order valence-corrected chi connectivity index (χ0v) is 11.2. The van der Waals surface area contributed by atoms with E-state index in [1.54, 1.807) is 13.0 Å². The summed E-state index contributed by atoms with van der Waals surface area (Å²) >= 11 is 5.38. The smallest absolute Gasteiger partial charge is 0.252 e. The Labute approximate surface area is 119 Å². The Morgan fingerprint density at radius 1 is 1.10 bits per heavy atom. The molecule has 2 aromatic carbocycles. The van der Waals surface area contributed by atoms with E-state index in [1.807, 2.05) is 0 Å². The summed E-state index contributed by atoms with van der Waals surface area (Å²) in [6, 6.07) is 7.50. The van der Waals surface area contributed by atoms with Crippen molar-refractivity contribution >= 4 is 22.6 Å². The number of aryl methyl sites for hydroxylation is 1. The van der Waals surface area contributed by atoms with Gasteiger partial charge in [0.1, 0.15) is 11.6 Å². The lowest BCUT2D eigenvalue weighted by molar-refractivity contribution is 0.103. The van der Waals surface area contributed by atoms with Gasteiger partial charge in [0.25, 0.3) is 5.24 Å². The molecule has 0 saturated carbocycles. The van der Waals surface area contributed by atoms with Gasteiger partial charge >= 0.3 is 0 Å². The molecule has 5 heteroatoms. The first-order valence-electron chi connectivity index (χ1n) is 5.74. The van der Waals surface area contributed by atoms with E-state index in [2.05, 4.69) is 0 Å². The first-order chi connectivity index (χ1) is 9.40. The van der Waals surface area contributed by atoms with Crippen LogP contribution in [-0.4, -0.2) is 16.1 Å². The molecule has 0 amide bonds. The van der Waals surface area contributed by atoms with Gasteiger partial charge in [0.2, 0.25) is 0 Å². The number of hydrogen-bond donors (Lipinski definition) is 1. The van der Waals surface area contributed by atoms with Crippen LogP contribution in [0.4, 0.5) is 4.39 Å². The Balaban J connectivity index is 2.55. The van der Waals surface area contributed by atoms with Gasteiger partial charge in [-0.05, 0) is 54.4 Å². The summed E-state index contributed by atoms with van der Waals surface area (Å²) in [5.74, 6) is -1.52. The van der Waals surface area contributed by atoms with Gasteiger partial charge < -0.3 is 5.11 Å². The second-order valence-electron chi connectivity index (χ2n) is 4.29. The number of carbonyl (C=O) groups excluding carboxylic acids is 2. The Kier molecular flexibility index (Phi) is 3.86. The predicted molar refractivity (Wildman–Crippen MR) is 72.9 cm³/mol. The molecule has 0 unspecified atom stereocenters. The van der Waals surface area contributed by atoms with E-state index in [0.717, 1.165) is 18.2 Å². The first-order valence-corrected chi connectivity index (χ1v) is 6.11. The molecule has 0 aromatic heterocycles. The number of aromatic hydroxyl groups is 1. The first kappa shape index (κ1) is 14.2. The zero-order chi connectivity index (χ0) is 14.9. The molecule has 0 fully saturated rings. The number of halogens is 2. The lowest BCUT2D eigenvalue weighted by Crippen LogP contribution is -2.06. The number of phenols is 1. The van der Waals surface area contributed by atoms with Gasteiger partial charge in [0.15, 0.2) is 5.78 Å². The van der Waals surface area contributed by atoms with E-state index >= 15 is 0 Å². The van der Waals surface area contributed by atoms with Gasteiger partial charge in [0.05, 0.1) is 5.56 Å². The zero-order valence-electron chi connectivity index (χ0n) is 10.5. The molecule has 0 heterocycles. The molecule has 2 aromatic rings. The van der Waals surface area contributed by atoms with Gasteiger partial charge in [0, 0.05) is 11.1 Å². The second-order valence-corrected chi connectivity index (χ2v) is 4.64. The summed E-state index contributed by atoms with van der Waals surface area (Å²) in [4.78, 5) is 23.5. The normalized spacial score (nSPS) is 10.3. The van der Waals surface area contributed by atoms with Gasteiger partial charge in [-0.1, -0.05) is 6.07 Å². The molecule has 0 atom stereocenters. The highest BCUT2D eigenvalue weighted by Crippen LogP contribution is 2.24. The lowest BCUT2D eigenvalue weighted by Gasteiger charge is -2.08. The van der Waals surface area contributed by atoms with Crippen LogP contribution in [0, 0.1) is 12.7 Å². The topological polar surface area (TPSA) is 54.4 Å². The molecule has 0 aliphatic carbocycles. The molecule has 102 valence electrons. The summed E-state index contributed by atoms with van der Waals surface area (Å²) < 4.78 is 13.2. The van der Waals surface area contributed by atoms with Crippen LogP contribution in [0.25, 0.3) is 0 Å². The van der Waals surface area contributed by atoms with E-state index in [9.17, 15) is 19.1 Å². The van der Waals surface area contributed by atoms with Crippen LogP contribution in [-0.2, 0) is 0 Å². The van der Waals surface area contributed by atoms with Crippen molar-refractivity contribution < 1.29 is 19.1 Å². The van der Waals surface area contributed by atoms with E-state index in [4.69, 9.17) is 11.6 Å². The van der Waals surface area contributed by atoms with Crippen molar-refractivity contribution in [2.75, 3.05) is 0 Å². The van der Waals surface area contributed by atoms with Crippen molar-refractivity contribution in [3.05, 3.63) is 64.5 Å². The maximum absolute atomic E-state index is 13.2. The minimum atomic E-state index is -0.692. The van der Waals surface area contributed by atoms with Gasteiger partial charge in [-0.2, -0.15) is 0 Å². The molecule has 0 spiro atoms. The highest BCUT2D eigenvalue weighted by atomic mass is 35.5. The maximum atomic E-state index is 13.2. The fourth-order valence-electron chi connectivity index (χ4n) is 1.82. The van der Waals surface area contributed by atoms with Gasteiger partial charge in [-0.3, -0.25) is 9.59 Å². The fraction of sp³-hybridized carbons (Fsp3) is 0.0667. The summed E-state index contributed by atoms with van der Waals surface area (Å²) in [7, 11) is 0. The SMILES string of the molecule is Cc1ccc(C(=O)Cl)cc1C(=O)c1cc(F)ccc1O. The van der Waals surface area contributed by atoms with E-state index < -0.39 is 16.8 Å². The molecule has 0 aliphatic rings. The van der Waals surface area contributed by atoms with Crippen LogP contribution in [0.3, 0.4) is 0 Å². The van der Waals surface area contributed by atoms with Crippen molar-refractivity contribution in [1.82, 2.24) is 0 Å². The number of benzene rings is 2. The van der Waals surface area contributed by atoms with Crippen LogP contribution < -0.4 is 0 Å². The van der Waals surface area contributed by atoms with Gasteiger partial charge in [-0.25, -0.2) is 4.39 Å². The third-order valence-electron chi connectivity index (χ3n) is 2.91. The highest BCUT2D eigenvalue weighted by molar-refractivity contribution is 6.67. The van der Waals surface area contributed by atoms with Crippen molar-refractivity contribution in [3.63, 3.8) is 0 Å². The molecule has 0 bridgehead atoms. The van der Waals surface area contributed by atoms with Crippen LogP contribution in [0.1, 0.15) is 31.8 Å². The Bertz CT molecular complexity index is 710. The summed E-state index contributed by atoms with van der Waals surface area (Å²) in [6.07, 6.45) is 0. The lowest BCUT2D eigenvalue weighted by atomic mass is 9.96. The Hall–Kier alpha value is -2.20. The minimum Gasteiger partial charge on any atom is -0.507 e. The molecular formula is C15H10ClFO3. The van der Waals surface area contributed by atoms with E-state index in [1.165, 1.54) is 12.1 Å². The average molecular weight is 293 g/mol. The molecule has 20 heavy (non-hydrogen) atoms. The predicted octanol–water partition coefficient (Wildman–Crippen LogP) is 3.45. The molecule has 2 rings (SSSR count). The van der Waals surface area contributed by atoms with Crippen LogP contribution in [0.5, 0.6) is 5.75 Å². The van der Waals surface area contributed by atoms with Crippen molar-refractivity contribution in [3.8, 4) is 5.75 Å². The number of carbonyl (C=O) groups is 2. The average Bonchev–Trinajstić information content (AvgIpc) is 2.41. The third kappa shape index (κ3) is 2.70. The number of rotatable bonds is 3. The quantitative estimate of drug-likeness (QED) is 0.696. The standard InChI is InChI=1S/C15H10ClFO3/c1-8-2-3-9(15(16)20)6-11(8)14(19)12-7-10(17)4-5-13(12)18/h2-7,18H,1H3. The maximum Gasteiger partial charge on any atom is 0.252 e. The number of phenolic OH excluding ortho intramolecular Hbond substituents is 1. The summed E-state index contributed by atoms with van der Waals surface area (Å²) in [5.41, 5.74) is 0.793. The number of ketones is 1. The minimum absolute atomic E-state index is 0.160. The van der Waals surface area contributed by atoms with Crippen molar-refractivity contribution in [2.45, 2.75) is 6.92 Å². The van der Waals surface area contributed by atoms with Crippen LogP contribution in [0.2, 0.25) is 0 Å². The highest BCUT2D eigenvalue weighted by Gasteiger charge is 2.18. The third-order valence-corrected chi connectivity index (χ3v) is 3.13. The van der Waals surface area contributed by atoms with E-state index in [0.29, 0.717) is 5.56 Å². The molecule has 0 saturated heterocycles. The van der Waals surface area contributed by atoms with Crippen LogP contribution >= 0.6 is 11.6 Å². The van der Waals surface area contributed by atoms with Gasteiger partial charge in [-0.15, -0.1) is 0 Å². The molecular weight excluding hydrogens is 283 g/mol. The second kappa shape index (κ2) is 5.43. The number of hydrogen-bond acceptors (Lipinski definition) is 3. The van der Waals surface area contributed by atoms with E-state index in [-0.39, 0.29) is 22.4 Å². The largest absolute Gasteiger partial charge is 0.507 e. The van der Waals surface area contributed by atoms with Crippen molar-refractivity contribution in [1.29, 1.82) is 0 Å². The summed E-state index contributed by atoms with van der Waals surface area (Å²) in [6.45, 7) is 1.67. The molecule has 1 N–H and O–H groups in total. The molecule has 3 nitrogen and oxygen atoms in total.